The summed E-state index contributed by atoms with van der Waals surface area (Å²) in [6.07, 6.45) is 9.07. The van der Waals surface area contributed by atoms with Crippen molar-refractivity contribution in [1.82, 2.24) is 4.57 Å². The zero-order chi connectivity index (χ0) is 25.5. The first-order chi connectivity index (χ1) is 19.3. The summed E-state index contributed by atoms with van der Waals surface area (Å²) in [5, 5.41) is 5.23. The van der Waals surface area contributed by atoms with Gasteiger partial charge in [0, 0.05) is 53.9 Å². The van der Waals surface area contributed by atoms with Crippen molar-refractivity contribution in [3.8, 4) is 5.69 Å². The molecule has 0 amide bonds. The molecule has 3 heteroatoms. The maximum atomic E-state index is 2.52. The van der Waals surface area contributed by atoms with Crippen LogP contribution in [0.2, 0.25) is 0 Å². The van der Waals surface area contributed by atoms with Gasteiger partial charge in [0.15, 0.2) is 0 Å². The number of hydrogen-bond donors (Lipinski definition) is 0. The summed E-state index contributed by atoms with van der Waals surface area (Å²) < 4.78 is 5.11. The van der Waals surface area contributed by atoms with Crippen LogP contribution in [0.1, 0.15) is 11.5 Å². The van der Waals surface area contributed by atoms with Crippen LogP contribution in [0.25, 0.3) is 47.7 Å². The molecule has 5 aromatic carbocycles. The van der Waals surface area contributed by atoms with Crippen molar-refractivity contribution in [2.45, 2.75) is 12.0 Å². The fourth-order valence-corrected chi connectivity index (χ4v) is 7.92. The van der Waals surface area contributed by atoms with Gasteiger partial charge >= 0.3 is 0 Å². The lowest BCUT2D eigenvalue weighted by atomic mass is 9.91. The maximum absolute atomic E-state index is 2.52. The Labute approximate surface area is 230 Å². The molecule has 0 spiro atoms. The van der Waals surface area contributed by atoms with E-state index in [2.05, 4.69) is 143 Å². The molecule has 2 unspecified atom stereocenters. The van der Waals surface area contributed by atoms with E-state index in [1.54, 1.807) is 0 Å². The van der Waals surface area contributed by atoms with E-state index in [9.17, 15) is 0 Å². The molecule has 0 saturated heterocycles. The van der Waals surface area contributed by atoms with Crippen LogP contribution in [0, 0.1) is 0 Å². The van der Waals surface area contributed by atoms with Gasteiger partial charge in [0.05, 0.1) is 17.1 Å². The zero-order valence-corrected chi connectivity index (χ0v) is 22.0. The van der Waals surface area contributed by atoms with Crippen LogP contribution in [0.5, 0.6) is 0 Å². The minimum Gasteiger partial charge on any atom is -0.333 e. The average Bonchev–Trinajstić information content (AvgIpc) is 3.64. The van der Waals surface area contributed by atoms with E-state index in [0.29, 0.717) is 12.0 Å². The summed E-state index contributed by atoms with van der Waals surface area (Å²) in [7, 11) is 0. The van der Waals surface area contributed by atoms with Crippen LogP contribution in [0.4, 0.5) is 11.4 Å². The van der Waals surface area contributed by atoms with Gasteiger partial charge < -0.3 is 9.47 Å². The van der Waals surface area contributed by atoms with E-state index in [4.69, 9.17) is 0 Å². The Kier molecular flexibility index (Phi) is 4.35. The second-order valence-electron chi connectivity index (χ2n) is 10.5. The van der Waals surface area contributed by atoms with Crippen molar-refractivity contribution in [2.24, 2.45) is 0 Å². The molecule has 39 heavy (non-hydrogen) atoms. The molecule has 2 aromatic heterocycles. The summed E-state index contributed by atoms with van der Waals surface area (Å²) in [6, 6.07) is 40.7. The molecule has 0 radical (unpaired) electrons. The molecule has 9 rings (SSSR count). The second-order valence-corrected chi connectivity index (χ2v) is 11.6. The van der Waals surface area contributed by atoms with Gasteiger partial charge in [-0.15, -0.1) is 11.3 Å². The lowest BCUT2D eigenvalue weighted by molar-refractivity contribution is 0.745. The standard InChI is InChI=1S/C36H24N2S/c1-5-13-31-25(9-1)26-10-2-6-14-32(26)37(31)23-17-19-34-29(21-23)27-11-3-7-15-33(27)38(34)24-18-20-36-30(22-24)28-12-4-8-16-35(28)39-36/h1-22,25,31H. The largest absolute Gasteiger partial charge is 0.333 e. The highest BCUT2D eigenvalue weighted by molar-refractivity contribution is 7.25. The van der Waals surface area contributed by atoms with Gasteiger partial charge in [-0.1, -0.05) is 78.9 Å². The molecule has 1 aliphatic carbocycles. The third kappa shape index (κ3) is 2.96. The van der Waals surface area contributed by atoms with Gasteiger partial charge in [0.1, 0.15) is 0 Å². The molecule has 2 aliphatic rings. The number of hydrogen-bond acceptors (Lipinski definition) is 2. The fraction of sp³-hybridized carbons (Fsp3) is 0.0556. The summed E-state index contributed by atoms with van der Waals surface area (Å²) in [6.45, 7) is 0. The first-order valence-corrected chi connectivity index (χ1v) is 14.3. The molecule has 184 valence electrons. The predicted octanol–water partition coefficient (Wildman–Crippen LogP) is 9.88. The van der Waals surface area contributed by atoms with E-state index < -0.39 is 0 Å². The Morgan fingerprint density at radius 2 is 1.26 bits per heavy atom. The van der Waals surface area contributed by atoms with Crippen LogP contribution in [-0.2, 0) is 0 Å². The molecule has 0 fully saturated rings. The number of rotatable bonds is 2. The van der Waals surface area contributed by atoms with Gasteiger partial charge in [-0.25, -0.2) is 0 Å². The van der Waals surface area contributed by atoms with Crippen molar-refractivity contribution >= 4 is 64.7 Å². The van der Waals surface area contributed by atoms with Crippen molar-refractivity contribution in [2.75, 3.05) is 4.90 Å². The van der Waals surface area contributed by atoms with Crippen LogP contribution in [-0.4, -0.2) is 10.6 Å². The monoisotopic (exact) mass is 516 g/mol. The smallest absolute Gasteiger partial charge is 0.0629 e. The number of benzene rings is 5. The van der Waals surface area contributed by atoms with E-state index in [-0.39, 0.29) is 0 Å². The minimum absolute atomic E-state index is 0.299. The summed E-state index contributed by atoms with van der Waals surface area (Å²) in [5.41, 5.74) is 7.63. The van der Waals surface area contributed by atoms with Crippen LogP contribution >= 0.6 is 11.3 Å². The van der Waals surface area contributed by atoms with Crippen LogP contribution in [0.15, 0.2) is 133 Å². The lowest BCUT2D eigenvalue weighted by Crippen LogP contribution is -2.28. The highest BCUT2D eigenvalue weighted by atomic mass is 32.1. The van der Waals surface area contributed by atoms with Crippen molar-refractivity contribution < 1.29 is 0 Å². The van der Waals surface area contributed by atoms with Crippen molar-refractivity contribution in [1.29, 1.82) is 0 Å². The normalized spacial score (nSPS) is 18.0. The fourth-order valence-electron chi connectivity index (χ4n) is 6.83. The Hall–Kier alpha value is -4.60. The van der Waals surface area contributed by atoms with Crippen LogP contribution < -0.4 is 4.90 Å². The summed E-state index contributed by atoms with van der Waals surface area (Å²) >= 11 is 1.87. The summed E-state index contributed by atoms with van der Waals surface area (Å²) in [4.78, 5) is 2.52. The highest BCUT2D eigenvalue weighted by Gasteiger charge is 2.37. The van der Waals surface area contributed by atoms with Gasteiger partial charge in [-0.2, -0.15) is 0 Å². The highest BCUT2D eigenvalue weighted by Crippen LogP contribution is 2.48. The molecule has 2 nitrogen and oxygen atoms in total. The Balaban J connectivity index is 1.27. The van der Waals surface area contributed by atoms with Crippen molar-refractivity contribution in [3.05, 3.63) is 139 Å². The van der Waals surface area contributed by atoms with E-state index >= 15 is 0 Å². The molecule has 7 aromatic rings. The maximum Gasteiger partial charge on any atom is 0.0629 e. The molecule has 0 saturated carbocycles. The topological polar surface area (TPSA) is 8.17 Å². The average molecular weight is 517 g/mol. The van der Waals surface area contributed by atoms with Gasteiger partial charge in [-0.3, -0.25) is 0 Å². The molecular formula is C36H24N2S. The number of thiophene rings is 1. The number of fused-ring (bicyclic) bond motifs is 9. The number of aromatic nitrogens is 1. The van der Waals surface area contributed by atoms with Gasteiger partial charge in [-0.05, 0) is 60.2 Å². The SMILES string of the molecule is C1=CC2c3ccccc3N(c3ccc4c(c3)c3ccccc3n4-c3ccc4sc5ccccc5c4c3)C2C=C1. The second kappa shape index (κ2) is 7.95. The van der Waals surface area contributed by atoms with E-state index in [1.165, 1.54) is 64.6 Å². The Morgan fingerprint density at radius 3 is 2.23 bits per heavy atom. The minimum atomic E-state index is 0.299. The summed E-state index contributed by atoms with van der Waals surface area (Å²) in [5.74, 6) is 0.385. The lowest BCUT2D eigenvalue weighted by Gasteiger charge is -2.28. The molecule has 0 N–H and O–H groups in total. The third-order valence-electron chi connectivity index (χ3n) is 8.51. The zero-order valence-electron chi connectivity index (χ0n) is 21.2. The number of para-hydroxylation sites is 2. The third-order valence-corrected chi connectivity index (χ3v) is 9.66. The Bertz CT molecular complexity index is 2160. The molecule has 1 aliphatic heterocycles. The number of anilines is 2. The molecule has 3 heterocycles. The number of nitrogens with zero attached hydrogens (tertiary/aromatic N) is 2. The Morgan fingerprint density at radius 1 is 0.538 bits per heavy atom. The van der Waals surface area contributed by atoms with E-state index in [0.717, 1.165) is 0 Å². The van der Waals surface area contributed by atoms with Gasteiger partial charge in [0.25, 0.3) is 0 Å². The quantitative estimate of drug-likeness (QED) is 0.222. The number of allylic oxidation sites excluding steroid dienone is 2. The van der Waals surface area contributed by atoms with E-state index in [1.807, 2.05) is 11.3 Å². The molecule has 0 bridgehead atoms. The molecule has 2 atom stereocenters. The van der Waals surface area contributed by atoms with Gasteiger partial charge in [0.2, 0.25) is 0 Å². The first-order valence-electron chi connectivity index (χ1n) is 13.5. The first kappa shape index (κ1) is 21.3. The predicted molar refractivity (Wildman–Crippen MR) is 167 cm³/mol. The van der Waals surface area contributed by atoms with Crippen LogP contribution in [0.3, 0.4) is 0 Å². The molecular weight excluding hydrogens is 492 g/mol. The van der Waals surface area contributed by atoms with Crippen molar-refractivity contribution in [3.63, 3.8) is 0 Å².